The van der Waals surface area contributed by atoms with Crippen LogP contribution in [-0.4, -0.2) is 46.0 Å². The molecule has 2 fully saturated rings. The molecule has 2 N–H and O–H groups in total. The maximum Gasteiger partial charge on any atom is 0.257 e. The van der Waals surface area contributed by atoms with Crippen LogP contribution in [0.15, 0.2) is 6.20 Å². The van der Waals surface area contributed by atoms with Gasteiger partial charge >= 0.3 is 0 Å². The molecule has 2 amide bonds. The second kappa shape index (κ2) is 4.86. The number of H-pyrrole nitrogens is 1. The SMILES string of the molecule is Cc1[nH]ncc1C(=O)N1CCC(C2NC(=O)C2(C)C)CC1. The van der Waals surface area contributed by atoms with Crippen LogP contribution >= 0.6 is 0 Å². The lowest BCUT2D eigenvalue weighted by atomic mass is 9.68. The molecule has 0 bridgehead atoms. The highest BCUT2D eigenvalue weighted by Crippen LogP contribution is 2.38. The monoisotopic (exact) mass is 290 g/mol. The van der Waals surface area contributed by atoms with Crippen molar-refractivity contribution in [2.24, 2.45) is 11.3 Å². The lowest BCUT2D eigenvalue weighted by Gasteiger charge is -2.50. The van der Waals surface area contributed by atoms with Gasteiger partial charge in [0.25, 0.3) is 5.91 Å². The van der Waals surface area contributed by atoms with Crippen LogP contribution in [0.4, 0.5) is 0 Å². The van der Waals surface area contributed by atoms with E-state index in [-0.39, 0.29) is 23.3 Å². The summed E-state index contributed by atoms with van der Waals surface area (Å²) in [6.45, 7) is 7.36. The molecule has 1 aromatic rings. The number of rotatable bonds is 2. The van der Waals surface area contributed by atoms with Gasteiger partial charge in [0.15, 0.2) is 0 Å². The number of nitrogens with zero attached hydrogens (tertiary/aromatic N) is 2. The Kier molecular flexibility index (Phi) is 3.26. The Morgan fingerprint density at radius 1 is 1.38 bits per heavy atom. The topological polar surface area (TPSA) is 78.1 Å². The van der Waals surface area contributed by atoms with Gasteiger partial charge in [-0.1, -0.05) is 0 Å². The van der Waals surface area contributed by atoms with Crippen molar-refractivity contribution >= 4 is 11.8 Å². The van der Waals surface area contributed by atoms with Gasteiger partial charge in [-0.2, -0.15) is 5.10 Å². The third-order valence-corrected chi connectivity index (χ3v) is 5.01. The quantitative estimate of drug-likeness (QED) is 0.801. The van der Waals surface area contributed by atoms with Crippen molar-refractivity contribution in [3.05, 3.63) is 17.5 Å². The summed E-state index contributed by atoms with van der Waals surface area (Å²) in [5.41, 5.74) is 1.21. The first kappa shape index (κ1) is 14.1. The van der Waals surface area contributed by atoms with E-state index in [1.54, 1.807) is 6.20 Å². The van der Waals surface area contributed by atoms with E-state index in [1.807, 2.05) is 25.7 Å². The third kappa shape index (κ3) is 2.22. The minimum Gasteiger partial charge on any atom is -0.351 e. The highest BCUT2D eigenvalue weighted by molar-refractivity contribution is 5.95. The molecule has 2 aliphatic heterocycles. The number of aromatic amines is 1. The van der Waals surface area contributed by atoms with Crippen molar-refractivity contribution in [2.75, 3.05) is 13.1 Å². The average molecular weight is 290 g/mol. The molecule has 2 saturated heterocycles. The van der Waals surface area contributed by atoms with Crippen molar-refractivity contribution in [3.63, 3.8) is 0 Å². The fraction of sp³-hybridized carbons (Fsp3) is 0.667. The molecule has 0 aliphatic carbocycles. The van der Waals surface area contributed by atoms with Crippen molar-refractivity contribution in [1.82, 2.24) is 20.4 Å². The van der Waals surface area contributed by atoms with Gasteiger partial charge in [-0.15, -0.1) is 0 Å². The Morgan fingerprint density at radius 2 is 2.05 bits per heavy atom. The number of nitrogens with one attached hydrogen (secondary N) is 2. The number of hydrogen-bond donors (Lipinski definition) is 2. The minimum atomic E-state index is -0.266. The molecule has 2 aliphatic rings. The molecule has 21 heavy (non-hydrogen) atoms. The Bertz CT molecular complexity index is 570. The first-order chi connectivity index (χ1) is 9.91. The van der Waals surface area contributed by atoms with Crippen molar-refractivity contribution in [2.45, 2.75) is 39.7 Å². The predicted molar refractivity (Wildman–Crippen MR) is 77.7 cm³/mol. The molecule has 0 aromatic carbocycles. The minimum absolute atomic E-state index is 0.0524. The molecule has 1 aromatic heterocycles. The standard InChI is InChI=1S/C15H22N4O2/c1-9-11(8-16-18-9)13(20)19-6-4-10(5-7-19)12-15(2,3)14(21)17-12/h8,10,12H,4-7H2,1-3H3,(H,16,18)(H,17,21). The Hall–Kier alpha value is -1.85. The number of hydrogen-bond acceptors (Lipinski definition) is 3. The summed E-state index contributed by atoms with van der Waals surface area (Å²) >= 11 is 0. The third-order valence-electron chi connectivity index (χ3n) is 5.01. The lowest BCUT2D eigenvalue weighted by molar-refractivity contribution is -0.146. The zero-order valence-electron chi connectivity index (χ0n) is 12.8. The molecule has 114 valence electrons. The lowest BCUT2D eigenvalue weighted by Crippen LogP contribution is -2.68. The Balaban J connectivity index is 1.60. The molecule has 3 rings (SSSR count). The van der Waals surface area contributed by atoms with Crippen LogP contribution in [-0.2, 0) is 4.79 Å². The average Bonchev–Trinajstić information content (AvgIpc) is 2.90. The maximum absolute atomic E-state index is 12.4. The first-order valence-electron chi connectivity index (χ1n) is 7.51. The van der Waals surface area contributed by atoms with E-state index in [9.17, 15) is 9.59 Å². The van der Waals surface area contributed by atoms with E-state index < -0.39 is 0 Å². The molecule has 1 atom stereocenters. The molecule has 0 saturated carbocycles. The molecule has 0 radical (unpaired) electrons. The van der Waals surface area contributed by atoms with Crippen molar-refractivity contribution < 1.29 is 9.59 Å². The molecule has 6 nitrogen and oxygen atoms in total. The second-order valence-electron chi connectivity index (χ2n) is 6.71. The molecular weight excluding hydrogens is 268 g/mol. The van der Waals surface area contributed by atoms with E-state index in [0.29, 0.717) is 11.5 Å². The first-order valence-corrected chi connectivity index (χ1v) is 7.51. The normalized spacial score (nSPS) is 25.4. The fourth-order valence-corrected chi connectivity index (χ4v) is 3.45. The number of aryl methyl sites for hydroxylation is 1. The van der Waals surface area contributed by atoms with Gasteiger partial charge in [0, 0.05) is 24.8 Å². The van der Waals surface area contributed by atoms with Gasteiger partial charge in [0.1, 0.15) is 0 Å². The van der Waals surface area contributed by atoms with Gasteiger partial charge in [0.2, 0.25) is 5.91 Å². The maximum atomic E-state index is 12.4. The second-order valence-corrected chi connectivity index (χ2v) is 6.71. The number of piperidine rings is 1. The van der Waals surface area contributed by atoms with Crippen LogP contribution in [0.3, 0.4) is 0 Å². The zero-order valence-corrected chi connectivity index (χ0v) is 12.8. The zero-order chi connectivity index (χ0) is 15.2. The largest absolute Gasteiger partial charge is 0.351 e. The number of carbonyl (C=O) groups excluding carboxylic acids is 2. The fourth-order valence-electron chi connectivity index (χ4n) is 3.45. The van der Waals surface area contributed by atoms with Gasteiger partial charge in [0.05, 0.1) is 17.2 Å². The van der Waals surface area contributed by atoms with Crippen LogP contribution in [0.1, 0.15) is 42.7 Å². The summed E-state index contributed by atoms with van der Waals surface area (Å²) in [4.78, 5) is 25.9. The van der Waals surface area contributed by atoms with Gasteiger partial charge in [-0.05, 0) is 39.5 Å². The van der Waals surface area contributed by atoms with E-state index >= 15 is 0 Å². The number of amides is 2. The van der Waals surface area contributed by atoms with Gasteiger partial charge in [-0.25, -0.2) is 0 Å². The highest BCUT2D eigenvalue weighted by Gasteiger charge is 2.51. The summed E-state index contributed by atoms with van der Waals surface area (Å²) in [6, 6.07) is 0.248. The number of β-lactam (4-membered cyclic amide) rings is 1. The Labute approximate surface area is 124 Å². The van der Waals surface area contributed by atoms with Crippen LogP contribution in [0, 0.1) is 18.3 Å². The smallest absolute Gasteiger partial charge is 0.257 e. The van der Waals surface area contributed by atoms with Crippen LogP contribution in [0.25, 0.3) is 0 Å². The number of carbonyl (C=O) groups is 2. The van der Waals surface area contributed by atoms with Crippen molar-refractivity contribution in [3.8, 4) is 0 Å². The van der Waals surface area contributed by atoms with E-state index in [4.69, 9.17) is 0 Å². The molecule has 1 unspecified atom stereocenters. The summed E-state index contributed by atoms with van der Waals surface area (Å²) in [5, 5.41) is 9.74. The van der Waals surface area contributed by atoms with Crippen LogP contribution in [0.2, 0.25) is 0 Å². The van der Waals surface area contributed by atoms with E-state index in [1.165, 1.54) is 0 Å². The van der Waals surface area contributed by atoms with E-state index in [0.717, 1.165) is 31.6 Å². The summed E-state index contributed by atoms with van der Waals surface area (Å²) in [5.74, 6) is 0.656. The number of likely N-dealkylation sites (tertiary alicyclic amines) is 1. The van der Waals surface area contributed by atoms with Gasteiger partial charge < -0.3 is 10.2 Å². The molecular formula is C15H22N4O2. The molecule has 6 heteroatoms. The predicted octanol–water partition coefficient (Wildman–Crippen LogP) is 1.09. The van der Waals surface area contributed by atoms with Crippen molar-refractivity contribution in [1.29, 1.82) is 0 Å². The summed E-state index contributed by atoms with van der Waals surface area (Å²) < 4.78 is 0. The summed E-state index contributed by atoms with van der Waals surface area (Å²) in [7, 11) is 0. The van der Waals surface area contributed by atoms with Crippen LogP contribution < -0.4 is 5.32 Å². The summed E-state index contributed by atoms with van der Waals surface area (Å²) in [6.07, 6.45) is 3.48. The van der Waals surface area contributed by atoms with Crippen LogP contribution in [0.5, 0.6) is 0 Å². The highest BCUT2D eigenvalue weighted by atomic mass is 16.2. The molecule has 0 spiro atoms. The van der Waals surface area contributed by atoms with E-state index in [2.05, 4.69) is 15.5 Å². The Morgan fingerprint density at radius 3 is 2.52 bits per heavy atom. The van der Waals surface area contributed by atoms with Gasteiger partial charge in [-0.3, -0.25) is 14.7 Å². The number of aromatic nitrogens is 2. The molecule has 3 heterocycles.